The topological polar surface area (TPSA) is 533 Å². The first-order valence-corrected chi connectivity index (χ1v) is 32.1. The number of benzene rings is 1. The number of aliphatic imine (C=N–C) groups is 3. The number of fused-ring (bicyclic) bond motifs is 1. The van der Waals surface area contributed by atoms with Gasteiger partial charge in [-0.05, 0) is 94.4 Å². The molecule has 2 aliphatic carbocycles. The van der Waals surface area contributed by atoms with E-state index in [2.05, 4.69) is 46.9 Å². The van der Waals surface area contributed by atoms with Crippen LogP contribution in [0.15, 0.2) is 45.3 Å². The number of hydrogen-bond acceptors (Lipinski definition) is 16. The second-order valence-electron chi connectivity index (χ2n) is 24.7. The van der Waals surface area contributed by atoms with E-state index in [0.29, 0.717) is 24.8 Å². The van der Waals surface area contributed by atoms with Gasteiger partial charge in [0.25, 0.3) is 0 Å². The SMILES string of the molecule is NC(N)=NCCCC(N)C(=O)NC(CCCN=C(N)N)C(=O)N1CCCC1C(=O)N1CC(O)CC1C(=O)NCC(=O)NC(Cc1ccccc1)C(=O)NC(CO)C(=O)NC(CC1CCCCC1)C(=O)N1C(C(=O)NC(CCCN=C(N)N)C(=O)O)CC2CCCCC21. The number of aliphatic hydroxyl groups is 2. The summed E-state index contributed by atoms with van der Waals surface area (Å²) in [6.07, 6.45) is 8.02. The van der Waals surface area contributed by atoms with Gasteiger partial charge in [0.2, 0.25) is 53.2 Å². The van der Waals surface area contributed by atoms with Gasteiger partial charge in [0.1, 0.15) is 48.3 Å². The minimum absolute atomic E-state index is 0.00676. The molecule has 5 aliphatic rings. The zero-order valence-corrected chi connectivity index (χ0v) is 52.3. The van der Waals surface area contributed by atoms with Crippen LogP contribution >= 0.6 is 0 Å². The van der Waals surface area contributed by atoms with Gasteiger partial charge >= 0.3 is 5.97 Å². The van der Waals surface area contributed by atoms with Crippen molar-refractivity contribution in [3.63, 3.8) is 0 Å². The molecule has 0 radical (unpaired) electrons. The third-order valence-corrected chi connectivity index (χ3v) is 17.8. The number of β-amino-alcohol motifs (C(OH)–C–C–N with tert-alkyl or cyclic N) is 1. The molecule has 92 heavy (non-hydrogen) atoms. The van der Waals surface area contributed by atoms with Crippen molar-refractivity contribution in [1.29, 1.82) is 0 Å². The monoisotopic (exact) mass is 1290 g/mol. The molecule has 12 unspecified atom stereocenters. The molecule has 3 aliphatic heterocycles. The lowest BCUT2D eigenvalue weighted by Crippen LogP contribution is -2.61. The predicted molar refractivity (Wildman–Crippen MR) is 338 cm³/mol. The summed E-state index contributed by atoms with van der Waals surface area (Å²) in [4.78, 5) is 156. The highest BCUT2D eigenvalue weighted by Crippen LogP contribution is 2.41. The Bertz CT molecular complexity index is 2790. The first-order chi connectivity index (χ1) is 43.9. The summed E-state index contributed by atoms with van der Waals surface area (Å²) in [6, 6.07) is -3.04. The number of nitrogens with one attached hydrogen (secondary N) is 6. The molecule has 9 amide bonds. The lowest BCUT2D eigenvalue weighted by molar-refractivity contribution is -0.148. The number of aliphatic carboxylic acids is 1. The number of carbonyl (C=O) groups is 10. The Balaban J connectivity index is 1.12. The quantitative estimate of drug-likeness (QED) is 0.0179. The van der Waals surface area contributed by atoms with Crippen molar-refractivity contribution in [3.05, 3.63) is 35.9 Å². The summed E-state index contributed by atoms with van der Waals surface area (Å²) in [5.74, 6) is -8.34. The molecule has 12 atom stereocenters. The van der Waals surface area contributed by atoms with Crippen molar-refractivity contribution in [2.24, 2.45) is 66.9 Å². The normalized spacial score (nSPS) is 22.4. The number of hydrogen-bond donors (Lipinski definition) is 16. The standard InChI is InChI=1S/C60H97N19O13/c61-38(18-9-23-68-58(62)63)49(83)73-39(19-10-24-69-59(64)65)54(88)77-26-12-22-45(77)56(90)78-32-37(81)30-46(78)52(86)71-31-48(82)72-41(27-34-13-3-1-4-14-34)50(84)76-43(33-80)51(85)75-42(28-35-15-5-2-6-16-35)55(89)79-44-21-8-7-17-36(44)29-47(79)53(87)74-40(57(91)92)20-11-25-70-60(66)67/h1,3-4,13-14,35-47,80-81H,2,5-12,15-33,61H2,(H,71,86)(H,72,82)(H,73,83)(H,74,87)(H,75,85)(H,76,84)(H,91,92)(H4,62,63,68)(H4,64,65,69)(H4,66,67,70). The van der Waals surface area contributed by atoms with Gasteiger partial charge in [-0.1, -0.05) is 75.3 Å². The van der Waals surface area contributed by atoms with Gasteiger partial charge in [-0.3, -0.25) is 58.1 Å². The molecule has 0 aromatic heterocycles. The van der Waals surface area contributed by atoms with E-state index in [9.17, 15) is 58.5 Å². The van der Waals surface area contributed by atoms with E-state index in [1.54, 1.807) is 30.3 Å². The summed E-state index contributed by atoms with van der Waals surface area (Å²) in [5.41, 5.74) is 39.4. The summed E-state index contributed by atoms with van der Waals surface area (Å²) in [5, 5.41) is 47.6. The first kappa shape index (κ1) is 72.7. The van der Waals surface area contributed by atoms with Crippen LogP contribution in [-0.4, -0.2) is 219 Å². The highest BCUT2D eigenvalue weighted by molar-refractivity contribution is 5.99. The van der Waals surface area contributed by atoms with Crippen molar-refractivity contribution in [2.75, 3.05) is 45.9 Å². The zero-order valence-electron chi connectivity index (χ0n) is 52.3. The molecule has 3 heterocycles. The molecule has 6 rings (SSSR count). The molecule has 2 saturated carbocycles. The smallest absolute Gasteiger partial charge is 0.326 e. The Hall–Kier alpha value is -8.39. The third kappa shape index (κ3) is 21.6. The number of rotatable bonds is 33. The number of likely N-dealkylation sites (tertiary alicyclic amines) is 3. The van der Waals surface area contributed by atoms with E-state index >= 15 is 4.79 Å². The van der Waals surface area contributed by atoms with E-state index in [1.165, 1.54) is 9.80 Å². The van der Waals surface area contributed by atoms with Crippen molar-refractivity contribution in [2.45, 2.75) is 201 Å². The minimum atomic E-state index is -1.66. The number of amides is 9. The summed E-state index contributed by atoms with van der Waals surface area (Å²) < 4.78 is 0. The molecule has 0 bridgehead atoms. The van der Waals surface area contributed by atoms with E-state index in [0.717, 1.165) is 56.3 Å². The molecule has 23 N–H and O–H groups in total. The third-order valence-electron chi connectivity index (χ3n) is 17.8. The van der Waals surface area contributed by atoms with Crippen LogP contribution in [0, 0.1) is 11.8 Å². The van der Waals surface area contributed by atoms with Crippen LogP contribution in [-0.2, 0) is 54.4 Å². The second kappa shape index (κ2) is 36.0. The van der Waals surface area contributed by atoms with Crippen LogP contribution in [0.3, 0.4) is 0 Å². The lowest BCUT2D eigenvalue weighted by atomic mass is 9.83. The molecule has 32 heteroatoms. The van der Waals surface area contributed by atoms with Crippen LogP contribution in [0.5, 0.6) is 0 Å². The Labute approximate surface area is 535 Å². The number of carboxylic acids is 1. The lowest BCUT2D eigenvalue weighted by Gasteiger charge is -2.37. The Morgan fingerprint density at radius 2 is 1.16 bits per heavy atom. The molecule has 32 nitrogen and oxygen atoms in total. The molecule has 1 aromatic carbocycles. The maximum Gasteiger partial charge on any atom is 0.326 e. The number of carboxylic acid groups (broad SMARTS) is 1. The van der Waals surface area contributed by atoms with Crippen molar-refractivity contribution in [1.82, 2.24) is 46.6 Å². The molecule has 3 saturated heterocycles. The minimum Gasteiger partial charge on any atom is -0.480 e. The van der Waals surface area contributed by atoms with Gasteiger partial charge in [0.05, 0.1) is 25.3 Å². The maximum atomic E-state index is 15.2. The number of aliphatic hydroxyl groups excluding tert-OH is 2. The predicted octanol–water partition coefficient (Wildman–Crippen LogP) is -4.58. The average Bonchev–Trinajstić information content (AvgIpc) is 1.63. The van der Waals surface area contributed by atoms with Crippen molar-refractivity contribution in [3.8, 4) is 0 Å². The van der Waals surface area contributed by atoms with Crippen LogP contribution in [0.2, 0.25) is 0 Å². The van der Waals surface area contributed by atoms with Crippen LogP contribution < -0.4 is 72.0 Å². The average molecular weight is 1290 g/mol. The molecular weight excluding hydrogens is 1190 g/mol. The number of guanidine groups is 3. The van der Waals surface area contributed by atoms with E-state index < -0.39 is 133 Å². The van der Waals surface area contributed by atoms with Gasteiger partial charge in [-0.25, -0.2) is 4.79 Å². The summed E-state index contributed by atoms with van der Waals surface area (Å²) in [6.45, 7) is -1.32. The van der Waals surface area contributed by atoms with E-state index in [1.807, 2.05) is 0 Å². The Morgan fingerprint density at radius 1 is 0.576 bits per heavy atom. The van der Waals surface area contributed by atoms with Gasteiger partial charge in [0, 0.05) is 51.6 Å². The fraction of sp³-hybridized carbons (Fsp3) is 0.683. The molecule has 5 fully saturated rings. The molecule has 510 valence electrons. The summed E-state index contributed by atoms with van der Waals surface area (Å²) >= 11 is 0. The van der Waals surface area contributed by atoms with Gasteiger partial charge < -0.3 is 102 Å². The fourth-order valence-electron chi connectivity index (χ4n) is 13.2. The van der Waals surface area contributed by atoms with Gasteiger partial charge in [0.15, 0.2) is 17.9 Å². The number of nitrogens with two attached hydrogens (primary N) is 7. The largest absolute Gasteiger partial charge is 0.480 e. The molecule has 1 aromatic rings. The van der Waals surface area contributed by atoms with E-state index in [4.69, 9.17) is 40.1 Å². The molecular formula is C60H97N19O13. The van der Waals surface area contributed by atoms with Crippen LogP contribution in [0.1, 0.15) is 134 Å². The number of carbonyl (C=O) groups excluding carboxylic acids is 9. The highest BCUT2D eigenvalue weighted by atomic mass is 16.4. The van der Waals surface area contributed by atoms with Crippen molar-refractivity contribution >= 4 is 77.0 Å². The number of nitrogens with zero attached hydrogens (tertiary/aromatic N) is 6. The van der Waals surface area contributed by atoms with Crippen LogP contribution in [0.25, 0.3) is 0 Å². The molecule has 0 spiro atoms. The van der Waals surface area contributed by atoms with Crippen LogP contribution in [0.4, 0.5) is 0 Å². The summed E-state index contributed by atoms with van der Waals surface area (Å²) in [7, 11) is 0. The fourth-order valence-corrected chi connectivity index (χ4v) is 13.2. The Morgan fingerprint density at radius 3 is 1.79 bits per heavy atom. The van der Waals surface area contributed by atoms with Gasteiger partial charge in [-0.15, -0.1) is 0 Å². The van der Waals surface area contributed by atoms with Gasteiger partial charge in [-0.2, -0.15) is 0 Å². The van der Waals surface area contributed by atoms with E-state index in [-0.39, 0.29) is 133 Å². The van der Waals surface area contributed by atoms with Crippen molar-refractivity contribution < 1.29 is 63.3 Å². The maximum absolute atomic E-state index is 15.2. The highest BCUT2D eigenvalue weighted by Gasteiger charge is 2.51. The zero-order chi connectivity index (χ0) is 67.0. The first-order valence-electron chi connectivity index (χ1n) is 32.1. The second-order valence-corrected chi connectivity index (χ2v) is 24.7. The Kier molecular flexibility index (Phi) is 28.4.